The van der Waals surface area contributed by atoms with E-state index in [0.717, 1.165) is 72.8 Å². The molecule has 2 aliphatic heterocycles. The Morgan fingerprint density at radius 1 is 1.04 bits per heavy atom. The van der Waals surface area contributed by atoms with Gasteiger partial charge < -0.3 is 24.2 Å². The third kappa shape index (κ3) is 9.59. The molecule has 3 heterocycles. The number of aliphatic carboxylic acids is 1. The van der Waals surface area contributed by atoms with Gasteiger partial charge in [0.1, 0.15) is 11.6 Å². The minimum absolute atomic E-state index is 0.0966. The second-order valence-electron chi connectivity index (χ2n) is 15.6. The van der Waals surface area contributed by atoms with Crippen molar-refractivity contribution in [1.29, 1.82) is 0 Å². The zero-order chi connectivity index (χ0) is 35.5. The van der Waals surface area contributed by atoms with Crippen molar-refractivity contribution in [2.24, 2.45) is 5.41 Å². The Morgan fingerprint density at radius 3 is 2.22 bits per heavy atom. The summed E-state index contributed by atoms with van der Waals surface area (Å²) < 4.78 is 31.8. The molecule has 2 aromatic carbocycles. The maximum absolute atomic E-state index is 13.3. The SMILES string of the molecule is Cc1nc(CN2CC(C)OC(C)C2)c(-c2ccc(OCCc3ccc(F)cc3)cc2)c(N2CCC(C)(C)CC2)c1C(OC(C)(C)C)C(=O)O. The fourth-order valence-corrected chi connectivity index (χ4v) is 7.02. The van der Waals surface area contributed by atoms with Gasteiger partial charge in [-0.2, -0.15) is 0 Å². The summed E-state index contributed by atoms with van der Waals surface area (Å²) in [7, 11) is 0. The number of pyridine rings is 1. The van der Waals surface area contributed by atoms with Gasteiger partial charge in [-0.05, 0) is 95.2 Å². The summed E-state index contributed by atoms with van der Waals surface area (Å²) in [6.07, 6.45) is 1.63. The van der Waals surface area contributed by atoms with Gasteiger partial charge in [0.05, 0.1) is 35.8 Å². The molecular weight excluding hydrogens is 621 g/mol. The second-order valence-corrected chi connectivity index (χ2v) is 15.6. The quantitative estimate of drug-likeness (QED) is 0.219. The Bertz CT molecular complexity index is 1570. The molecule has 0 radical (unpaired) electrons. The first kappa shape index (κ1) is 36.7. The van der Waals surface area contributed by atoms with Gasteiger partial charge in [-0.3, -0.25) is 9.88 Å². The normalized spacial score (nSPS) is 20.6. The highest BCUT2D eigenvalue weighted by Gasteiger charge is 2.37. The van der Waals surface area contributed by atoms with Crippen molar-refractivity contribution in [2.45, 2.75) is 105 Å². The van der Waals surface area contributed by atoms with Crippen LogP contribution in [0, 0.1) is 18.2 Å². The van der Waals surface area contributed by atoms with Gasteiger partial charge in [0.15, 0.2) is 6.10 Å². The van der Waals surface area contributed by atoms with E-state index in [1.165, 1.54) is 12.1 Å². The van der Waals surface area contributed by atoms with Gasteiger partial charge in [0.25, 0.3) is 0 Å². The molecule has 0 aliphatic carbocycles. The largest absolute Gasteiger partial charge is 0.493 e. The second kappa shape index (κ2) is 15.2. The Hall–Kier alpha value is -3.53. The Balaban J connectivity index is 1.60. The van der Waals surface area contributed by atoms with E-state index in [1.54, 1.807) is 12.1 Å². The van der Waals surface area contributed by atoms with E-state index >= 15 is 0 Å². The van der Waals surface area contributed by atoms with Crippen molar-refractivity contribution in [1.82, 2.24) is 9.88 Å². The molecule has 0 amide bonds. The Labute approximate surface area is 291 Å². The number of morpholine rings is 1. The summed E-state index contributed by atoms with van der Waals surface area (Å²) in [6, 6.07) is 14.5. The van der Waals surface area contributed by atoms with Crippen molar-refractivity contribution in [3.8, 4) is 16.9 Å². The summed E-state index contributed by atoms with van der Waals surface area (Å²) in [6.45, 7) is 20.6. The highest BCUT2D eigenvalue weighted by Crippen LogP contribution is 2.45. The third-order valence-corrected chi connectivity index (χ3v) is 9.45. The molecule has 49 heavy (non-hydrogen) atoms. The topological polar surface area (TPSA) is 84.4 Å². The van der Waals surface area contributed by atoms with Crippen LogP contribution in [0.3, 0.4) is 0 Å². The first-order valence-corrected chi connectivity index (χ1v) is 17.6. The molecule has 3 atom stereocenters. The predicted octanol–water partition coefficient (Wildman–Crippen LogP) is 7.99. The number of carboxylic acids is 1. The number of aryl methyl sites for hydroxylation is 1. The van der Waals surface area contributed by atoms with E-state index in [0.29, 0.717) is 30.8 Å². The van der Waals surface area contributed by atoms with E-state index in [4.69, 9.17) is 19.2 Å². The highest BCUT2D eigenvalue weighted by atomic mass is 19.1. The lowest BCUT2D eigenvalue weighted by molar-refractivity contribution is -0.160. The first-order chi connectivity index (χ1) is 23.1. The van der Waals surface area contributed by atoms with E-state index in [9.17, 15) is 14.3 Å². The number of nitrogens with zero attached hydrogens (tertiary/aromatic N) is 3. The molecule has 0 bridgehead atoms. The lowest BCUT2D eigenvalue weighted by Gasteiger charge is -2.41. The monoisotopic (exact) mass is 675 g/mol. The Morgan fingerprint density at radius 2 is 1.65 bits per heavy atom. The maximum atomic E-state index is 13.3. The smallest absolute Gasteiger partial charge is 0.337 e. The summed E-state index contributed by atoms with van der Waals surface area (Å²) in [5.41, 5.74) is 5.49. The molecule has 2 aliphatic rings. The van der Waals surface area contributed by atoms with E-state index < -0.39 is 17.7 Å². The molecule has 3 unspecified atom stereocenters. The number of carboxylic acid groups (broad SMARTS) is 1. The van der Waals surface area contributed by atoms with Gasteiger partial charge in [-0.15, -0.1) is 0 Å². The van der Waals surface area contributed by atoms with Crippen LogP contribution in [0.15, 0.2) is 48.5 Å². The average molecular weight is 676 g/mol. The number of hydrogen-bond acceptors (Lipinski definition) is 7. The minimum atomic E-state index is -1.19. The molecule has 8 nitrogen and oxygen atoms in total. The number of rotatable bonds is 11. The van der Waals surface area contributed by atoms with Crippen molar-refractivity contribution >= 4 is 11.7 Å². The molecule has 0 spiro atoms. The zero-order valence-corrected chi connectivity index (χ0v) is 30.5. The summed E-state index contributed by atoms with van der Waals surface area (Å²) in [4.78, 5) is 23.0. The first-order valence-electron chi connectivity index (χ1n) is 17.6. The number of hydrogen-bond donors (Lipinski definition) is 1. The van der Waals surface area contributed by atoms with Gasteiger partial charge >= 0.3 is 5.97 Å². The molecule has 1 N–H and O–H groups in total. The molecule has 9 heteroatoms. The van der Waals surface area contributed by atoms with E-state index in [1.807, 2.05) is 39.8 Å². The van der Waals surface area contributed by atoms with Gasteiger partial charge in [-0.25, -0.2) is 9.18 Å². The zero-order valence-electron chi connectivity index (χ0n) is 30.5. The van der Waals surface area contributed by atoms with Crippen LogP contribution in [-0.2, 0) is 27.2 Å². The number of halogens is 1. The van der Waals surface area contributed by atoms with Gasteiger partial charge in [0, 0.05) is 56.0 Å². The standard InChI is InChI=1S/C40H54FN3O5/c1-26-23-43(24-27(2)48-26)25-33-35(30-11-15-32(16-12-30)47-22-17-29-9-13-31(41)14-10-29)36(44-20-18-40(7,8)19-21-44)34(28(3)42-33)37(38(45)46)49-39(4,5)6/h9-16,26-27,37H,17-25H2,1-8H3,(H,45,46). The molecule has 2 fully saturated rings. The number of piperidine rings is 1. The number of ether oxygens (including phenoxy) is 3. The molecule has 2 saturated heterocycles. The predicted molar refractivity (Wildman–Crippen MR) is 192 cm³/mol. The fraction of sp³-hybridized carbons (Fsp3) is 0.550. The number of anilines is 1. The number of aromatic nitrogens is 1. The van der Waals surface area contributed by atoms with Crippen LogP contribution in [0.4, 0.5) is 10.1 Å². The summed E-state index contributed by atoms with van der Waals surface area (Å²) in [5, 5.41) is 10.7. The lowest BCUT2D eigenvalue weighted by Crippen LogP contribution is -2.45. The number of benzene rings is 2. The van der Waals surface area contributed by atoms with Gasteiger partial charge in [-0.1, -0.05) is 38.1 Å². The van der Waals surface area contributed by atoms with Gasteiger partial charge in [0.2, 0.25) is 0 Å². The average Bonchev–Trinajstić information content (AvgIpc) is 3.00. The highest BCUT2D eigenvalue weighted by molar-refractivity contribution is 5.88. The molecule has 266 valence electrons. The lowest BCUT2D eigenvalue weighted by atomic mass is 9.81. The maximum Gasteiger partial charge on any atom is 0.337 e. The van der Waals surface area contributed by atoms with Crippen molar-refractivity contribution < 1.29 is 28.5 Å². The number of carbonyl (C=O) groups is 1. The van der Waals surface area contributed by atoms with Crippen LogP contribution in [0.2, 0.25) is 0 Å². The minimum Gasteiger partial charge on any atom is -0.493 e. The summed E-state index contributed by atoms with van der Waals surface area (Å²) in [5.74, 6) is -0.555. The van der Waals surface area contributed by atoms with E-state index in [2.05, 4.69) is 49.6 Å². The molecule has 3 aromatic rings. The Kier molecular flexibility index (Phi) is 11.4. The van der Waals surface area contributed by atoms with Crippen LogP contribution in [0.25, 0.3) is 11.1 Å². The van der Waals surface area contributed by atoms with Crippen molar-refractivity contribution in [2.75, 3.05) is 37.7 Å². The summed E-state index contributed by atoms with van der Waals surface area (Å²) >= 11 is 0. The molecule has 1 aromatic heterocycles. The van der Waals surface area contributed by atoms with Crippen molar-refractivity contribution in [3.05, 3.63) is 76.9 Å². The van der Waals surface area contributed by atoms with Crippen LogP contribution in [-0.4, -0.2) is 71.6 Å². The van der Waals surface area contributed by atoms with Crippen LogP contribution < -0.4 is 9.64 Å². The molecule has 5 rings (SSSR count). The molecular formula is C40H54FN3O5. The fourth-order valence-electron chi connectivity index (χ4n) is 7.02. The third-order valence-electron chi connectivity index (χ3n) is 9.45. The van der Waals surface area contributed by atoms with Crippen LogP contribution in [0.1, 0.15) is 89.9 Å². The van der Waals surface area contributed by atoms with Crippen LogP contribution >= 0.6 is 0 Å². The van der Waals surface area contributed by atoms with Crippen LogP contribution in [0.5, 0.6) is 5.75 Å². The molecule has 0 saturated carbocycles. The van der Waals surface area contributed by atoms with E-state index in [-0.39, 0.29) is 23.4 Å². The van der Waals surface area contributed by atoms with Crippen molar-refractivity contribution in [3.63, 3.8) is 0 Å².